The first-order chi connectivity index (χ1) is 9.02. The molecule has 2 atom stereocenters. The SMILES string of the molecule is CC1(C)C[C@H]([C@H](CC[NH3+])c2ccc(F)cc2)CCO1. The molecule has 2 rings (SSSR count). The normalized spacial score (nSPS) is 24.1. The van der Waals surface area contributed by atoms with Crippen molar-refractivity contribution >= 4 is 0 Å². The Kier molecular flexibility index (Phi) is 4.58. The van der Waals surface area contributed by atoms with Crippen LogP contribution in [0, 0.1) is 11.7 Å². The van der Waals surface area contributed by atoms with Gasteiger partial charge in [-0.05, 0) is 56.2 Å². The molecule has 106 valence electrons. The summed E-state index contributed by atoms with van der Waals surface area (Å²) in [6, 6.07) is 6.99. The van der Waals surface area contributed by atoms with Crippen molar-refractivity contribution in [1.29, 1.82) is 0 Å². The summed E-state index contributed by atoms with van der Waals surface area (Å²) < 4.78 is 18.9. The van der Waals surface area contributed by atoms with Crippen LogP contribution in [0.25, 0.3) is 0 Å². The van der Waals surface area contributed by atoms with Crippen molar-refractivity contribution in [1.82, 2.24) is 0 Å². The number of hydrogen-bond donors (Lipinski definition) is 1. The van der Waals surface area contributed by atoms with Crippen molar-refractivity contribution in [2.45, 2.75) is 44.6 Å². The number of hydrogen-bond acceptors (Lipinski definition) is 1. The lowest BCUT2D eigenvalue weighted by Crippen LogP contribution is -2.51. The molecule has 1 heterocycles. The molecule has 0 unspecified atom stereocenters. The lowest BCUT2D eigenvalue weighted by molar-refractivity contribution is -0.369. The topological polar surface area (TPSA) is 36.9 Å². The molecule has 0 bridgehead atoms. The zero-order chi connectivity index (χ0) is 13.9. The van der Waals surface area contributed by atoms with E-state index in [1.807, 2.05) is 12.1 Å². The van der Waals surface area contributed by atoms with E-state index in [0.717, 1.165) is 32.4 Å². The number of benzene rings is 1. The van der Waals surface area contributed by atoms with Gasteiger partial charge in [-0.1, -0.05) is 12.1 Å². The monoisotopic (exact) mass is 266 g/mol. The molecule has 3 heteroatoms. The Labute approximate surface area is 115 Å². The van der Waals surface area contributed by atoms with Crippen molar-refractivity contribution < 1.29 is 14.9 Å². The Morgan fingerprint density at radius 3 is 2.63 bits per heavy atom. The van der Waals surface area contributed by atoms with Crippen molar-refractivity contribution in [3.63, 3.8) is 0 Å². The highest BCUT2D eigenvalue weighted by molar-refractivity contribution is 5.21. The molecule has 2 nitrogen and oxygen atoms in total. The van der Waals surface area contributed by atoms with Gasteiger partial charge in [-0.25, -0.2) is 4.39 Å². The first kappa shape index (κ1) is 14.5. The Balaban J connectivity index is 2.17. The standard InChI is InChI=1S/C16H24FNO/c1-16(2)11-13(8-10-19-16)15(7-9-18)12-3-5-14(17)6-4-12/h3-6,13,15H,7-11,18H2,1-2H3/p+1/t13-,15-/m1/s1. The van der Waals surface area contributed by atoms with Crippen molar-refractivity contribution in [3.8, 4) is 0 Å². The number of ether oxygens (including phenoxy) is 1. The van der Waals surface area contributed by atoms with Crippen LogP contribution >= 0.6 is 0 Å². The van der Waals surface area contributed by atoms with Crippen molar-refractivity contribution in [2.24, 2.45) is 5.92 Å². The Bertz CT molecular complexity index is 402. The van der Waals surface area contributed by atoms with E-state index in [1.165, 1.54) is 5.56 Å². The first-order valence-corrected chi connectivity index (χ1v) is 7.20. The van der Waals surface area contributed by atoms with Gasteiger partial charge in [0.05, 0.1) is 12.1 Å². The zero-order valence-corrected chi connectivity index (χ0v) is 12.0. The van der Waals surface area contributed by atoms with Crippen LogP contribution < -0.4 is 5.73 Å². The average Bonchev–Trinajstić information content (AvgIpc) is 2.36. The number of rotatable bonds is 4. The molecule has 0 amide bonds. The lowest BCUT2D eigenvalue weighted by atomic mass is 9.75. The summed E-state index contributed by atoms with van der Waals surface area (Å²) in [7, 11) is 0. The van der Waals surface area contributed by atoms with Gasteiger partial charge < -0.3 is 10.5 Å². The van der Waals surface area contributed by atoms with E-state index in [0.29, 0.717) is 11.8 Å². The predicted octanol–water partition coefficient (Wildman–Crippen LogP) is 2.75. The Morgan fingerprint density at radius 2 is 2.05 bits per heavy atom. The minimum atomic E-state index is -0.163. The van der Waals surface area contributed by atoms with Gasteiger partial charge in [0.15, 0.2) is 0 Å². The molecule has 0 spiro atoms. The highest BCUT2D eigenvalue weighted by Crippen LogP contribution is 2.39. The third-order valence-corrected chi connectivity index (χ3v) is 4.12. The summed E-state index contributed by atoms with van der Waals surface area (Å²) in [4.78, 5) is 0. The molecule has 1 aliphatic heterocycles. The second-order valence-electron chi connectivity index (χ2n) is 6.16. The predicted molar refractivity (Wildman–Crippen MR) is 74.3 cm³/mol. The van der Waals surface area contributed by atoms with Crippen LogP contribution in [-0.4, -0.2) is 18.8 Å². The summed E-state index contributed by atoms with van der Waals surface area (Å²) in [5.41, 5.74) is 5.20. The molecule has 1 aliphatic rings. The van der Waals surface area contributed by atoms with Gasteiger partial charge in [0.2, 0.25) is 0 Å². The van der Waals surface area contributed by atoms with Crippen LogP contribution in [0.1, 0.15) is 44.6 Å². The van der Waals surface area contributed by atoms with Gasteiger partial charge in [-0.15, -0.1) is 0 Å². The fraction of sp³-hybridized carbons (Fsp3) is 0.625. The first-order valence-electron chi connectivity index (χ1n) is 7.20. The van der Waals surface area contributed by atoms with Crippen LogP contribution in [-0.2, 0) is 4.74 Å². The third kappa shape index (κ3) is 3.77. The van der Waals surface area contributed by atoms with E-state index in [1.54, 1.807) is 12.1 Å². The third-order valence-electron chi connectivity index (χ3n) is 4.12. The highest BCUT2D eigenvalue weighted by atomic mass is 19.1. The maximum absolute atomic E-state index is 13.1. The number of quaternary nitrogens is 1. The largest absolute Gasteiger partial charge is 0.376 e. The minimum absolute atomic E-state index is 0.0393. The summed E-state index contributed by atoms with van der Waals surface area (Å²) >= 11 is 0. The van der Waals surface area contributed by atoms with Gasteiger partial charge >= 0.3 is 0 Å². The summed E-state index contributed by atoms with van der Waals surface area (Å²) in [6.07, 6.45) is 3.22. The Hall–Kier alpha value is -0.930. The molecule has 19 heavy (non-hydrogen) atoms. The van der Waals surface area contributed by atoms with Gasteiger partial charge in [-0.2, -0.15) is 0 Å². The second kappa shape index (κ2) is 6.02. The van der Waals surface area contributed by atoms with Crippen LogP contribution in [0.3, 0.4) is 0 Å². The molecule has 1 aromatic rings. The lowest BCUT2D eigenvalue weighted by Gasteiger charge is -2.39. The molecule has 0 aliphatic carbocycles. The van der Waals surface area contributed by atoms with Gasteiger partial charge in [0.25, 0.3) is 0 Å². The molecule has 0 saturated carbocycles. The van der Waals surface area contributed by atoms with Crippen molar-refractivity contribution in [2.75, 3.05) is 13.2 Å². The van der Waals surface area contributed by atoms with Gasteiger partial charge in [0, 0.05) is 13.0 Å². The fourth-order valence-corrected chi connectivity index (χ4v) is 3.23. The van der Waals surface area contributed by atoms with E-state index >= 15 is 0 Å². The molecular formula is C16H25FNO+. The maximum Gasteiger partial charge on any atom is 0.123 e. The van der Waals surface area contributed by atoms with Crippen LogP contribution in [0.4, 0.5) is 4.39 Å². The van der Waals surface area contributed by atoms with E-state index in [-0.39, 0.29) is 11.4 Å². The summed E-state index contributed by atoms with van der Waals surface area (Å²) in [6.45, 7) is 6.06. The zero-order valence-electron chi connectivity index (χ0n) is 12.0. The quantitative estimate of drug-likeness (QED) is 0.894. The molecular weight excluding hydrogens is 241 g/mol. The molecule has 0 aromatic heterocycles. The van der Waals surface area contributed by atoms with Crippen LogP contribution in [0.2, 0.25) is 0 Å². The molecule has 3 N–H and O–H groups in total. The van der Waals surface area contributed by atoms with Gasteiger partial charge in [0.1, 0.15) is 5.82 Å². The van der Waals surface area contributed by atoms with Crippen LogP contribution in [0.5, 0.6) is 0 Å². The average molecular weight is 266 g/mol. The summed E-state index contributed by atoms with van der Waals surface area (Å²) in [5, 5.41) is 0. The van der Waals surface area contributed by atoms with Crippen molar-refractivity contribution in [3.05, 3.63) is 35.6 Å². The highest BCUT2D eigenvalue weighted by Gasteiger charge is 2.34. The summed E-state index contributed by atoms with van der Waals surface area (Å²) in [5.74, 6) is 0.918. The molecule has 0 radical (unpaired) electrons. The number of halogens is 1. The maximum atomic E-state index is 13.1. The molecule has 1 saturated heterocycles. The van der Waals surface area contributed by atoms with E-state index in [9.17, 15) is 4.39 Å². The molecule has 1 aromatic carbocycles. The van der Waals surface area contributed by atoms with E-state index in [4.69, 9.17) is 4.74 Å². The smallest absolute Gasteiger partial charge is 0.123 e. The van der Waals surface area contributed by atoms with Crippen LogP contribution in [0.15, 0.2) is 24.3 Å². The van der Waals surface area contributed by atoms with Gasteiger partial charge in [-0.3, -0.25) is 0 Å². The Morgan fingerprint density at radius 1 is 1.37 bits per heavy atom. The van der Waals surface area contributed by atoms with E-state index in [2.05, 4.69) is 19.6 Å². The molecule has 1 fully saturated rings. The second-order valence-corrected chi connectivity index (χ2v) is 6.16. The van der Waals surface area contributed by atoms with E-state index < -0.39 is 0 Å². The fourth-order valence-electron chi connectivity index (χ4n) is 3.23. The minimum Gasteiger partial charge on any atom is -0.376 e.